The molecule has 0 bridgehead atoms. The van der Waals surface area contributed by atoms with E-state index in [1.807, 2.05) is 13.8 Å². The van der Waals surface area contributed by atoms with Gasteiger partial charge in [-0.3, -0.25) is 10.2 Å². The van der Waals surface area contributed by atoms with Gasteiger partial charge in [-0.15, -0.1) is 0 Å². The van der Waals surface area contributed by atoms with E-state index in [4.69, 9.17) is 22.1 Å². The zero-order chi connectivity index (χ0) is 19.7. The summed E-state index contributed by atoms with van der Waals surface area (Å²) in [5.74, 6) is 0.469. The first-order valence-electron chi connectivity index (χ1n) is 8.72. The van der Waals surface area contributed by atoms with Gasteiger partial charge in [0.05, 0.1) is 6.10 Å². The molecule has 5 N–H and O–H groups in total. The van der Waals surface area contributed by atoms with Crippen LogP contribution in [-0.4, -0.2) is 46.5 Å². The van der Waals surface area contributed by atoms with E-state index in [-0.39, 0.29) is 12.1 Å². The van der Waals surface area contributed by atoms with Crippen LogP contribution in [0.2, 0.25) is 5.02 Å². The lowest BCUT2D eigenvalue weighted by atomic mass is 10.1. The van der Waals surface area contributed by atoms with E-state index in [0.29, 0.717) is 22.3 Å². The molecule has 0 saturated heterocycles. The van der Waals surface area contributed by atoms with E-state index in [1.54, 1.807) is 36.0 Å². The zero-order valence-corrected chi connectivity index (χ0v) is 17.3. The molecule has 6 nitrogen and oxygen atoms in total. The summed E-state index contributed by atoms with van der Waals surface area (Å²) in [5, 5.41) is 11.4. The molecule has 3 unspecified atom stereocenters. The van der Waals surface area contributed by atoms with Gasteiger partial charge in [0, 0.05) is 16.6 Å². The highest BCUT2D eigenvalue weighted by Gasteiger charge is 2.28. The average Bonchev–Trinajstić information content (AvgIpc) is 2.56. The Labute approximate surface area is 165 Å². The fraction of sp³-hybridized carbons (Fsp3) is 0.611. The van der Waals surface area contributed by atoms with Gasteiger partial charge in [-0.05, 0) is 49.5 Å². The number of aliphatic hydroxyl groups excluding tert-OH is 1. The lowest BCUT2D eigenvalue weighted by Crippen LogP contribution is -2.56. The summed E-state index contributed by atoms with van der Waals surface area (Å²) in [5.41, 5.74) is 11.7. The van der Waals surface area contributed by atoms with Crippen molar-refractivity contribution in [2.75, 3.05) is 5.75 Å². The van der Waals surface area contributed by atoms with Crippen LogP contribution in [0, 0.1) is 0 Å². The summed E-state index contributed by atoms with van der Waals surface area (Å²) in [6, 6.07) is 6.17. The van der Waals surface area contributed by atoms with Crippen LogP contribution in [0.1, 0.15) is 44.5 Å². The standard InChI is InChI=1S/C18H30ClN3O3S/c1-11(2)25-16(15(20)8-9-26-12(3)4)18(24)22-21-17(23)13-6-5-7-14(19)10-13/h5-7,10-12,15-16,18,22,24H,8-9,20H2,1-4H3,(H,21,23). The highest BCUT2D eigenvalue weighted by atomic mass is 35.5. The van der Waals surface area contributed by atoms with Gasteiger partial charge in [0.15, 0.2) is 0 Å². The molecule has 0 fully saturated rings. The van der Waals surface area contributed by atoms with E-state index in [0.717, 1.165) is 5.75 Å². The molecule has 0 aliphatic rings. The van der Waals surface area contributed by atoms with Crippen molar-refractivity contribution < 1.29 is 14.6 Å². The Morgan fingerprint density at radius 3 is 2.62 bits per heavy atom. The van der Waals surface area contributed by atoms with Crippen molar-refractivity contribution in [2.45, 2.75) is 63.8 Å². The summed E-state index contributed by atoms with van der Waals surface area (Å²) in [6.07, 6.45) is -1.20. The number of halogens is 1. The van der Waals surface area contributed by atoms with Crippen molar-refractivity contribution in [1.82, 2.24) is 10.9 Å². The smallest absolute Gasteiger partial charge is 0.265 e. The van der Waals surface area contributed by atoms with Crippen molar-refractivity contribution in [1.29, 1.82) is 0 Å². The number of aliphatic hydroxyl groups is 1. The topological polar surface area (TPSA) is 96.6 Å². The number of nitrogens with one attached hydrogen (secondary N) is 2. The molecular formula is C18H30ClN3O3S. The van der Waals surface area contributed by atoms with Crippen LogP contribution >= 0.6 is 23.4 Å². The lowest BCUT2D eigenvalue weighted by molar-refractivity contribution is -0.0913. The number of benzene rings is 1. The van der Waals surface area contributed by atoms with Crippen LogP contribution in [0.25, 0.3) is 0 Å². The second kappa shape index (κ2) is 11.8. The highest BCUT2D eigenvalue weighted by molar-refractivity contribution is 7.99. The molecule has 3 atom stereocenters. The van der Waals surface area contributed by atoms with Crippen molar-refractivity contribution in [3.8, 4) is 0 Å². The van der Waals surface area contributed by atoms with Gasteiger partial charge in [-0.25, -0.2) is 5.43 Å². The van der Waals surface area contributed by atoms with Gasteiger partial charge in [0.1, 0.15) is 12.3 Å². The van der Waals surface area contributed by atoms with Crippen LogP contribution in [0.4, 0.5) is 0 Å². The molecule has 148 valence electrons. The molecule has 0 aliphatic carbocycles. The molecule has 8 heteroatoms. The minimum Gasteiger partial charge on any atom is -0.374 e. The zero-order valence-electron chi connectivity index (χ0n) is 15.7. The third kappa shape index (κ3) is 8.70. The maximum Gasteiger partial charge on any atom is 0.265 e. The lowest BCUT2D eigenvalue weighted by Gasteiger charge is -2.31. The Morgan fingerprint density at radius 1 is 1.35 bits per heavy atom. The highest BCUT2D eigenvalue weighted by Crippen LogP contribution is 2.15. The monoisotopic (exact) mass is 403 g/mol. The van der Waals surface area contributed by atoms with Crippen LogP contribution in [0.15, 0.2) is 24.3 Å². The summed E-state index contributed by atoms with van der Waals surface area (Å²) in [7, 11) is 0. The van der Waals surface area contributed by atoms with E-state index in [1.165, 1.54) is 0 Å². The third-order valence-electron chi connectivity index (χ3n) is 3.49. The van der Waals surface area contributed by atoms with Gasteiger partial charge in [-0.1, -0.05) is 31.5 Å². The molecule has 0 heterocycles. The molecule has 0 spiro atoms. The Balaban J connectivity index is 2.61. The maximum absolute atomic E-state index is 12.1. The Bertz CT molecular complexity index is 560. The molecule has 1 aromatic carbocycles. The third-order valence-corrected chi connectivity index (χ3v) is 4.86. The number of ether oxygens (including phenoxy) is 1. The SMILES string of the molecule is CC(C)OC(C(N)CCSC(C)C)C(O)NNC(=O)c1cccc(Cl)c1. The van der Waals surface area contributed by atoms with Crippen LogP contribution < -0.4 is 16.6 Å². The number of carbonyl (C=O) groups is 1. The molecule has 1 amide bonds. The molecule has 0 saturated carbocycles. The number of nitrogens with two attached hydrogens (primary N) is 1. The number of carbonyl (C=O) groups excluding carboxylic acids is 1. The first kappa shape index (κ1) is 23.2. The van der Waals surface area contributed by atoms with Crippen molar-refractivity contribution >= 4 is 29.3 Å². The molecule has 0 aliphatic heterocycles. The fourth-order valence-corrected chi connectivity index (χ4v) is 3.32. The first-order chi connectivity index (χ1) is 12.2. The van der Waals surface area contributed by atoms with E-state index >= 15 is 0 Å². The second-order valence-electron chi connectivity index (χ2n) is 6.58. The minimum atomic E-state index is -1.14. The molecule has 1 aromatic rings. The fourth-order valence-electron chi connectivity index (χ4n) is 2.25. The largest absolute Gasteiger partial charge is 0.374 e. The molecular weight excluding hydrogens is 374 g/mol. The van der Waals surface area contributed by atoms with Gasteiger partial charge in [0.25, 0.3) is 5.91 Å². The average molecular weight is 404 g/mol. The van der Waals surface area contributed by atoms with Gasteiger partial charge in [-0.2, -0.15) is 11.8 Å². The van der Waals surface area contributed by atoms with Crippen molar-refractivity contribution in [3.05, 3.63) is 34.9 Å². The Morgan fingerprint density at radius 2 is 2.04 bits per heavy atom. The van der Waals surface area contributed by atoms with Crippen LogP contribution in [-0.2, 0) is 4.74 Å². The number of rotatable bonds is 11. The quantitative estimate of drug-likeness (QED) is 0.335. The number of hydrogen-bond donors (Lipinski definition) is 4. The second-order valence-corrected chi connectivity index (χ2v) is 8.70. The summed E-state index contributed by atoms with van der Waals surface area (Å²) < 4.78 is 5.77. The van der Waals surface area contributed by atoms with Crippen molar-refractivity contribution in [3.63, 3.8) is 0 Å². The molecule has 26 heavy (non-hydrogen) atoms. The normalized spacial score (nSPS) is 15.1. The predicted molar refractivity (Wildman–Crippen MR) is 108 cm³/mol. The van der Waals surface area contributed by atoms with E-state index in [2.05, 4.69) is 24.7 Å². The Kier molecular flexibility index (Phi) is 10.5. The summed E-state index contributed by atoms with van der Waals surface area (Å²) in [6.45, 7) is 8.00. The molecule has 1 rings (SSSR count). The number of hydrazine groups is 1. The first-order valence-corrected chi connectivity index (χ1v) is 10.2. The molecule has 0 radical (unpaired) electrons. The molecule has 0 aromatic heterocycles. The van der Waals surface area contributed by atoms with E-state index < -0.39 is 18.2 Å². The van der Waals surface area contributed by atoms with E-state index in [9.17, 15) is 9.90 Å². The number of hydrogen-bond acceptors (Lipinski definition) is 6. The summed E-state index contributed by atoms with van der Waals surface area (Å²) >= 11 is 7.69. The van der Waals surface area contributed by atoms with Gasteiger partial charge in [0.2, 0.25) is 0 Å². The number of amides is 1. The number of thioether (sulfide) groups is 1. The maximum atomic E-state index is 12.1. The minimum absolute atomic E-state index is 0.108. The van der Waals surface area contributed by atoms with Gasteiger partial charge < -0.3 is 15.6 Å². The van der Waals surface area contributed by atoms with Crippen LogP contribution in [0.3, 0.4) is 0 Å². The summed E-state index contributed by atoms with van der Waals surface area (Å²) in [4.78, 5) is 12.1. The van der Waals surface area contributed by atoms with Gasteiger partial charge >= 0.3 is 0 Å². The van der Waals surface area contributed by atoms with Crippen molar-refractivity contribution in [2.24, 2.45) is 5.73 Å². The Hall–Kier alpha value is -0.830. The predicted octanol–water partition coefficient (Wildman–Crippen LogP) is 2.55. The van der Waals surface area contributed by atoms with Crippen LogP contribution in [0.5, 0.6) is 0 Å².